The van der Waals surface area contributed by atoms with Gasteiger partial charge < -0.3 is 17.8 Å². The van der Waals surface area contributed by atoms with E-state index in [4.69, 9.17) is 13.3 Å². The SMILES string of the molecule is C=C/C(=C\C)c1ccc2oc3ccc(-c4ccc5oc6c(ccc7c8cc(-n9c%10ccccc%10c%10ccccc%109)ccc8oc76)c5c4)cc3c2c1.CC.CC. The standard InChI is InChI=1S/C47H29NO3.2C2H6/c1-3-27(4-2)28-13-19-42-37(23-28)38-25-30(14-20-43(38)49-42)29-15-21-44-36(24-29)34-17-18-35-39-26-31(16-22-45(39)51-47(35)46(34)50-44)48-40-11-7-5-9-32(40)33-10-6-8-12-41(33)48;2*1-2/h3-26H,1H2,2H3;2*1-2H3/b27-4+;;. The van der Waals surface area contributed by atoms with Gasteiger partial charge in [0.15, 0.2) is 11.2 Å². The van der Waals surface area contributed by atoms with Crippen molar-refractivity contribution in [3.05, 3.63) is 158 Å². The number of hydrogen-bond acceptors (Lipinski definition) is 3. The molecule has 0 saturated heterocycles. The Kier molecular flexibility index (Phi) is 8.39. The molecule has 11 aromatic rings. The lowest BCUT2D eigenvalue weighted by Crippen LogP contribution is -1.93. The lowest BCUT2D eigenvalue weighted by Gasteiger charge is -2.07. The van der Waals surface area contributed by atoms with Gasteiger partial charge in [-0.25, -0.2) is 0 Å². The number of nitrogens with zero attached hydrogens (tertiary/aromatic N) is 1. The van der Waals surface area contributed by atoms with Crippen molar-refractivity contribution in [1.29, 1.82) is 0 Å². The molecule has 4 nitrogen and oxygen atoms in total. The monoisotopic (exact) mass is 715 g/mol. The van der Waals surface area contributed by atoms with Crippen LogP contribution in [0.25, 0.3) is 110 Å². The summed E-state index contributed by atoms with van der Waals surface area (Å²) in [5, 5.41) is 8.85. The van der Waals surface area contributed by atoms with Gasteiger partial charge in [-0.3, -0.25) is 0 Å². The number of allylic oxidation sites excluding steroid dienone is 3. The summed E-state index contributed by atoms with van der Waals surface area (Å²) in [5.41, 5.74) is 12.8. The zero-order valence-corrected chi connectivity index (χ0v) is 31.7. The van der Waals surface area contributed by atoms with Crippen molar-refractivity contribution < 1.29 is 13.3 Å². The van der Waals surface area contributed by atoms with Gasteiger partial charge in [-0.1, -0.05) is 101 Å². The molecule has 268 valence electrons. The van der Waals surface area contributed by atoms with Crippen LogP contribution >= 0.6 is 0 Å². The molecule has 0 atom stereocenters. The molecule has 11 rings (SSSR count). The molecule has 0 saturated carbocycles. The average molecular weight is 716 g/mol. The maximum atomic E-state index is 6.56. The van der Waals surface area contributed by atoms with Crippen molar-refractivity contribution in [3.63, 3.8) is 0 Å². The molecule has 4 aromatic heterocycles. The third-order valence-corrected chi connectivity index (χ3v) is 10.6. The van der Waals surface area contributed by atoms with E-state index >= 15 is 0 Å². The smallest absolute Gasteiger partial charge is 0.178 e. The van der Waals surface area contributed by atoms with Crippen LogP contribution in [0, 0.1) is 0 Å². The van der Waals surface area contributed by atoms with Crippen LogP contribution < -0.4 is 0 Å². The number of rotatable bonds is 4. The molecule has 0 aliphatic rings. The first-order chi connectivity index (χ1) is 27.2. The molecule has 0 bridgehead atoms. The van der Waals surface area contributed by atoms with Crippen molar-refractivity contribution in [2.24, 2.45) is 0 Å². The summed E-state index contributed by atoms with van der Waals surface area (Å²) >= 11 is 0. The summed E-state index contributed by atoms with van der Waals surface area (Å²) in [5.74, 6) is 0. The van der Waals surface area contributed by atoms with Crippen molar-refractivity contribution in [1.82, 2.24) is 4.57 Å². The molecule has 0 unspecified atom stereocenters. The van der Waals surface area contributed by atoms with Crippen molar-refractivity contribution in [3.8, 4) is 16.8 Å². The van der Waals surface area contributed by atoms with E-state index in [0.717, 1.165) is 93.8 Å². The highest BCUT2D eigenvalue weighted by Gasteiger charge is 2.19. The Bertz CT molecular complexity index is 3230. The van der Waals surface area contributed by atoms with E-state index in [9.17, 15) is 0 Å². The predicted octanol–water partition coefficient (Wildman–Crippen LogP) is 15.8. The first kappa shape index (κ1) is 34.0. The van der Waals surface area contributed by atoms with Gasteiger partial charge in [0.05, 0.1) is 11.0 Å². The molecule has 4 heterocycles. The zero-order chi connectivity index (χ0) is 37.8. The minimum Gasteiger partial charge on any atom is -0.456 e. The van der Waals surface area contributed by atoms with Gasteiger partial charge in [-0.05, 0) is 108 Å². The first-order valence-electron chi connectivity index (χ1n) is 19.2. The summed E-state index contributed by atoms with van der Waals surface area (Å²) < 4.78 is 21.7. The molecule has 0 fully saturated rings. The Morgan fingerprint density at radius 3 is 1.51 bits per heavy atom. The van der Waals surface area contributed by atoms with Crippen LogP contribution in [-0.2, 0) is 0 Å². The summed E-state index contributed by atoms with van der Waals surface area (Å²) in [6.45, 7) is 14.0. The van der Waals surface area contributed by atoms with E-state index in [1.54, 1.807) is 0 Å². The number of furan rings is 3. The van der Waals surface area contributed by atoms with E-state index in [-0.39, 0.29) is 0 Å². The van der Waals surface area contributed by atoms with Gasteiger partial charge in [-0.15, -0.1) is 0 Å². The summed E-state index contributed by atoms with van der Waals surface area (Å²) in [7, 11) is 0. The molecular formula is C51H41NO3. The second-order valence-electron chi connectivity index (χ2n) is 13.3. The topological polar surface area (TPSA) is 44.4 Å². The number of para-hydroxylation sites is 2. The summed E-state index contributed by atoms with van der Waals surface area (Å²) in [4.78, 5) is 0. The molecule has 7 aromatic carbocycles. The van der Waals surface area contributed by atoms with Crippen LogP contribution in [0.4, 0.5) is 0 Å². The van der Waals surface area contributed by atoms with Crippen LogP contribution in [0.5, 0.6) is 0 Å². The average Bonchev–Trinajstić information content (AvgIpc) is 4.01. The maximum Gasteiger partial charge on any atom is 0.178 e. The predicted molar refractivity (Wildman–Crippen MR) is 235 cm³/mol. The van der Waals surface area contributed by atoms with Crippen LogP contribution in [-0.4, -0.2) is 4.57 Å². The quantitative estimate of drug-likeness (QED) is 0.170. The maximum absolute atomic E-state index is 6.56. The fraction of sp³-hybridized carbons (Fsp3) is 0.0980. The highest BCUT2D eigenvalue weighted by Crippen LogP contribution is 2.42. The minimum atomic E-state index is 0.764. The van der Waals surface area contributed by atoms with E-state index in [1.807, 2.05) is 46.8 Å². The third-order valence-electron chi connectivity index (χ3n) is 10.6. The van der Waals surface area contributed by atoms with E-state index in [2.05, 4.69) is 145 Å². The van der Waals surface area contributed by atoms with Gasteiger partial charge >= 0.3 is 0 Å². The second-order valence-corrected chi connectivity index (χ2v) is 13.3. The van der Waals surface area contributed by atoms with Crippen LogP contribution in [0.15, 0.2) is 165 Å². The minimum absolute atomic E-state index is 0.764. The molecule has 0 N–H and O–H groups in total. The summed E-state index contributed by atoms with van der Waals surface area (Å²) in [6.07, 6.45) is 3.97. The van der Waals surface area contributed by atoms with Crippen molar-refractivity contribution in [2.45, 2.75) is 34.6 Å². The fourth-order valence-corrected chi connectivity index (χ4v) is 8.11. The molecule has 0 aliphatic carbocycles. The Balaban J connectivity index is 0.000000963. The van der Waals surface area contributed by atoms with E-state index in [0.29, 0.717) is 0 Å². The number of benzene rings is 7. The summed E-state index contributed by atoms with van der Waals surface area (Å²) in [6, 6.07) is 47.1. The van der Waals surface area contributed by atoms with Gasteiger partial charge in [-0.2, -0.15) is 0 Å². The Labute approximate surface area is 319 Å². The number of aromatic nitrogens is 1. The molecule has 0 radical (unpaired) electrons. The molecule has 55 heavy (non-hydrogen) atoms. The Hall–Kier alpha value is -6.78. The van der Waals surface area contributed by atoms with Gasteiger partial charge in [0, 0.05) is 48.8 Å². The van der Waals surface area contributed by atoms with Gasteiger partial charge in [0.25, 0.3) is 0 Å². The Morgan fingerprint density at radius 1 is 0.473 bits per heavy atom. The van der Waals surface area contributed by atoms with Crippen LogP contribution in [0.1, 0.15) is 40.2 Å². The molecule has 0 amide bonds. The molecule has 0 spiro atoms. The van der Waals surface area contributed by atoms with Crippen molar-refractivity contribution in [2.75, 3.05) is 0 Å². The Morgan fingerprint density at radius 2 is 0.945 bits per heavy atom. The first-order valence-corrected chi connectivity index (χ1v) is 19.2. The van der Waals surface area contributed by atoms with E-state index in [1.165, 1.54) is 21.8 Å². The largest absolute Gasteiger partial charge is 0.456 e. The lowest BCUT2D eigenvalue weighted by molar-refractivity contribution is 0.633. The highest BCUT2D eigenvalue weighted by molar-refractivity contribution is 6.20. The van der Waals surface area contributed by atoms with Crippen LogP contribution in [0.3, 0.4) is 0 Å². The zero-order valence-electron chi connectivity index (χ0n) is 31.7. The van der Waals surface area contributed by atoms with E-state index < -0.39 is 0 Å². The molecule has 0 aliphatic heterocycles. The van der Waals surface area contributed by atoms with Gasteiger partial charge in [0.1, 0.15) is 22.3 Å². The lowest BCUT2D eigenvalue weighted by atomic mass is 9.99. The molecule has 4 heteroatoms. The normalized spacial score (nSPS) is 11.9. The highest BCUT2D eigenvalue weighted by atomic mass is 16.4. The number of fused-ring (bicyclic) bond motifs is 13. The van der Waals surface area contributed by atoms with Gasteiger partial charge in [0.2, 0.25) is 0 Å². The molecular weight excluding hydrogens is 675 g/mol. The number of hydrogen-bond donors (Lipinski definition) is 0. The fourth-order valence-electron chi connectivity index (χ4n) is 8.11. The van der Waals surface area contributed by atoms with Crippen LogP contribution in [0.2, 0.25) is 0 Å². The third kappa shape index (κ3) is 5.20. The second kappa shape index (κ2) is 13.6. The van der Waals surface area contributed by atoms with Crippen molar-refractivity contribution >= 4 is 93.2 Å².